The second-order valence-corrected chi connectivity index (χ2v) is 4.23. The molecule has 1 saturated carbocycles. The van der Waals surface area contributed by atoms with Crippen LogP contribution in [0.5, 0.6) is 0 Å². The maximum Gasteiger partial charge on any atom is 0.337 e. The number of carbonyl (C=O) groups is 2. The molecule has 0 aromatic carbocycles. The van der Waals surface area contributed by atoms with Crippen LogP contribution in [0.3, 0.4) is 0 Å². The minimum atomic E-state index is -0.341. The summed E-state index contributed by atoms with van der Waals surface area (Å²) >= 11 is 0. The van der Waals surface area contributed by atoms with E-state index in [0.717, 1.165) is 25.7 Å². The molecule has 0 spiro atoms. The predicted octanol–water partition coefficient (Wildman–Crippen LogP) is 1.80. The van der Waals surface area contributed by atoms with E-state index in [-0.39, 0.29) is 23.8 Å². The SMILES string of the molecule is CCOC(=O)C1=COC(=O)C2CCCCC12. The van der Waals surface area contributed by atoms with Gasteiger partial charge in [0.05, 0.1) is 18.1 Å². The van der Waals surface area contributed by atoms with Gasteiger partial charge in [-0.1, -0.05) is 12.8 Å². The van der Waals surface area contributed by atoms with E-state index in [4.69, 9.17) is 9.47 Å². The third-order valence-corrected chi connectivity index (χ3v) is 3.28. The number of hydrogen-bond donors (Lipinski definition) is 0. The number of hydrogen-bond acceptors (Lipinski definition) is 4. The maximum absolute atomic E-state index is 11.7. The zero-order valence-corrected chi connectivity index (χ0v) is 9.40. The van der Waals surface area contributed by atoms with Gasteiger partial charge < -0.3 is 9.47 Å². The van der Waals surface area contributed by atoms with Crippen LogP contribution in [-0.4, -0.2) is 18.5 Å². The molecule has 0 radical (unpaired) electrons. The summed E-state index contributed by atoms with van der Waals surface area (Å²) in [5.74, 6) is -0.670. The van der Waals surface area contributed by atoms with Gasteiger partial charge in [-0.3, -0.25) is 4.79 Å². The Hall–Kier alpha value is -1.32. The van der Waals surface area contributed by atoms with Crippen LogP contribution in [0, 0.1) is 11.8 Å². The van der Waals surface area contributed by atoms with Crippen molar-refractivity contribution in [3.05, 3.63) is 11.8 Å². The Kier molecular flexibility index (Phi) is 3.27. The van der Waals surface area contributed by atoms with Gasteiger partial charge in [-0.25, -0.2) is 4.79 Å². The molecular weight excluding hydrogens is 208 g/mol. The summed E-state index contributed by atoms with van der Waals surface area (Å²) in [6, 6.07) is 0. The molecule has 1 heterocycles. The van der Waals surface area contributed by atoms with Crippen molar-refractivity contribution < 1.29 is 19.1 Å². The Morgan fingerprint density at radius 3 is 2.81 bits per heavy atom. The fourth-order valence-corrected chi connectivity index (χ4v) is 2.50. The van der Waals surface area contributed by atoms with Gasteiger partial charge in [0, 0.05) is 5.92 Å². The van der Waals surface area contributed by atoms with E-state index in [1.807, 2.05) is 0 Å². The number of ether oxygens (including phenoxy) is 2. The third kappa shape index (κ3) is 1.96. The molecule has 1 aliphatic heterocycles. The molecule has 4 nitrogen and oxygen atoms in total. The molecule has 0 amide bonds. The Morgan fingerprint density at radius 2 is 2.12 bits per heavy atom. The van der Waals surface area contributed by atoms with Gasteiger partial charge in [-0.2, -0.15) is 0 Å². The molecule has 0 aromatic heterocycles. The minimum absolute atomic E-state index is 0.00838. The molecule has 1 fully saturated rings. The van der Waals surface area contributed by atoms with Crippen molar-refractivity contribution in [2.45, 2.75) is 32.6 Å². The van der Waals surface area contributed by atoms with Crippen molar-refractivity contribution in [1.82, 2.24) is 0 Å². The minimum Gasteiger partial charge on any atom is -0.463 e. The van der Waals surface area contributed by atoms with Crippen molar-refractivity contribution in [2.24, 2.45) is 11.8 Å². The summed E-state index contributed by atoms with van der Waals surface area (Å²) in [6.07, 6.45) is 5.08. The monoisotopic (exact) mass is 224 g/mol. The molecule has 2 unspecified atom stereocenters. The van der Waals surface area contributed by atoms with Gasteiger partial charge in [0.25, 0.3) is 0 Å². The van der Waals surface area contributed by atoms with Crippen LogP contribution in [-0.2, 0) is 19.1 Å². The standard InChI is InChI=1S/C12H16O4/c1-2-15-12(14)10-7-16-11(13)9-6-4-3-5-8(9)10/h7-9H,2-6H2,1H3. The van der Waals surface area contributed by atoms with Crippen molar-refractivity contribution >= 4 is 11.9 Å². The van der Waals surface area contributed by atoms with Crippen LogP contribution < -0.4 is 0 Å². The summed E-state index contributed by atoms with van der Waals surface area (Å²) in [7, 11) is 0. The lowest BCUT2D eigenvalue weighted by molar-refractivity contribution is -0.149. The third-order valence-electron chi connectivity index (χ3n) is 3.28. The Labute approximate surface area is 94.6 Å². The Morgan fingerprint density at radius 1 is 1.44 bits per heavy atom. The van der Waals surface area contributed by atoms with Crippen molar-refractivity contribution in [1.29, 1.82) is 0 Å². The van der Waals surface area contributed by atoms with Gasteiger partial charge in [0.1, 0.15) is 6.26 Å². The van der Waals surface area contributed by atoms with E-state index in [9.17, 15) is 9.59 Å². The van der Waals surface area contributed by atoms with Crippen LogP contribution in [0.25, 0.3) is 0 Å². The fourth-order valence-electron chi connectivity index (χ4n) is 2.50. The first-order valence-electron chi connectivity index (χ1n) is 5.81. The highest BCUT2D eigenvalue weighted by atomic mass is 16.5. The number of fused-ring (bicyclic) bond motifs is 1. The lowest BCUT2D eigenvalue weighted by Crippen LogP contribution is -2.35. The average Bonchev–Trinajstić information content (AvgIpc) is 2.30. The van der Waals surface area contributed by atoms with Gasteiger partial charge in [0.2, 0.25) is 0 Å². The normalized spacial score (nSPS) is 28.8. The van der Waals surface area contributed by atoms with E-state index in [2.05, 4.69) is 0 Å². The number of cyclic esters (lactones) is 1. The molecule has 88 valence electrons. The first kappa shape index (κ1) is 11.2. The molecule has 0 bridgehead atoms. The molecule has 2 aliphatic rings. The van der Waals surface area contributed by atoms with Crippen LogP contribution in [0.1, 0.15) is 32.6 Å². The number of esters is 2. The van der Waals surface area contributed by atoms with E-state index in [1.165, 1.54) is 6.26 Å². The summed E-state index contributed by atoms with van der Waals surface area (Å²) in [6.45, 7) is 2.12. The van der Waals surface area contributed by atoms with Crippen LogP contribution in [0.2, 0.25) is 0 Å². The molecule has 2 atom stereocenters. The average molecular weight is 224 g/mol. The number of carbonyl (C=O) groups excluding carboxylic acids is 2. The highest BCUT2D eigenvalue weighted by molar-refractivity contribution is 5.91. The second kappa shape index (κ2) is 4.68. The molecule has 0 saturated heterocycles. The zero-order chi connectivity index (χ0) is 11.5. The first-order chi connectivity index (χ1) is 7.74. The van der Waals surface area contributed by atoms with Gasteiger partial charge in [-0.05, 0) is 19.8 Å². The summed E-state index contributed by atoms with van der Waals surface area (Å²) < 4.78 is 9.89. The Balaban J connectivity index is 2.18. The molecule has 2 rings (SSSR count). The van der Waals surface area contributed by atoms with Gasteiger partial charge in [-0.15, -0.1) is 0 Å². The topological polar surface area (TPSA) is 52.6 Å². The second-order valence-electron chi connectivity index (χ2n) is 4.23. The van der Waals surface area contributed by atoms with E-state index in [0.29, 0.717) is 12.2 Å². The first-order valence-corrected chi connectivity index (χ1v) is 5.81. The largest absolute Gasteiger partial charge is 0.463 e. The fraction of sp³-hybridized carbons (Fsp3) is 0.667. The maximum atomic E-state index is 11.7. The molecule has 1 aliphatic carbocycles. The summed E-state index contributed by atoms with van der Waals surface area (Å²) in [5, 5.41) is 0. The van der Waals surface area contributed by atoms with Crippen LogP contribution in [0.15, 0.2) is 11.8 Å². The summed E-state index contributed by atoms with van der Waals surface area (Å²) in [5.41, 5.74) is 0.533. The summed E-state index contributed by atoms with van der Waals surface area (Å²) in [4.78, 5) is 23.2. The van der Waals surface area contributed by atoms with Crippen LogP contribution >= 0.6 is 0 Å². The van der Waals surface area contributed by atoms with E-state index < -0.39 is 0 Å². The van der Waals surface area contributed by atoms with Crippen molar-refractivity contribution in [3.8, 4) is 0 Å². The lowest BCUT2D eigenvalue weighted by Gasteiger charge is -2.33. The molecule has 0 aromatic rings. The molecule has 0 N–H and O–H groups in total. The molecular formula is C12H16O4. The van der Waals surface area contributed by atoms with E-state index in [1.54, 1.807) is 6.92 Å². The Bertz CT molecular complexity index is 332. The van der Waals surface area contributed by atoms with E-state index >= 15 is 0 Å². The number of rotatable bonds is 2. The zero-order valence-electron chi connectivity index (χ0n) is 9.40. The molecule has 4 heteroatoms. The molecule has 16 heavy (non-hydrogen) atoms. The van der Waals surface area contributed by atoms with Gasteiger partial charge in [0.15, 0.2) is 0 Å². The highest BCUT2D eigenvalue weighted by Crippen LogP contribution is 2.38. The smallest absolute Gasteiger partial charge is 0.337 e. The quantitative estimate of drug-likeness (QED) is 0.671. The van der Waals surface area contributed by atoms with Crippen LogP contribution in [0.4, 0.5) is 0 Å². The highest BCUT2D eigenvalue weighted by Gasteiger charge is 2.40. The van der Waals surface area contributed by atoms with Crippen molar-refractivity contribution in [2.75, 3.05) is 6.61 Å². The van der Waals surface area contributed by atoms with Crippen molar-refractivity contribution in [3.63, 3.8) is 0 Å². The van der Waals surface area contributed by atoms with Gasteiger partial charge >= 0.3 is 11.9 Å². The predicted molar refractivity (Wildman–Crippen MR) is 56.3 cm³/mol. The lowest BCUT2D eigenvalue weighted by atomic mass is 9.74.